The smallest absolute Gasteiger partial charge is 0.317 e. The quantitative estimate of drug-likeness (QED) is 0.836. The lowest BCUT2D eigenvalue weighted by atomic mass is 9.96. The topological polar surface area (TPSA) is 64.7 Å². The van der Waals surface area contributed by atoms with Crippen molar-refractivity contribution >= 4 is 23.3 Å². The van der Waals surface area contributed by atoms with Crippen LogP contribution in [-0.2, 0) is 11.3 Å². The van der Waals surface area contributed by atoms with Gasteiger partial charge in [0.2, 0.25) is 5.91 Å². The number of hydrogen-bond acceptors (Lipinski definition) is 3. The first kappa shape index (κ1) is 19.7. The first-order chi connectivity index (χ1) is 13.5. The number of nitrogens with one attached hydrogen (secondary N) is 2. The van der Waals surface area contributed by atoms with E-state index in [-0.39, 0.29) is 17.9 Å². The molecule has 148 valence electrons. The van der Waals surface area contributed by atoms with Crippen LogP contribution in [0.4, 0.5) is 16.2 Å². The number of likely N-dealkylation sites (tertiary alicyclic amines) is 1. The van der Waals surface area contributed by atoms with Crippen molar-refractivity contribution in [2.45, 2.75) is 19.4 Å². The molecule has 1 heterocycles. The number of urea groups is 1. The second-order valence-electron chi connectivity index (χ2n) is 7.34. The molecule has 28 heavy (non-hydrogen) atoms. The van der Waals surface area contributed by atoms with Crippen LogP contribution < -0.4 is 15.5 Å². The molecule has 0 aliphatic carbocycles. The van der Waals surface area contributed by atoms with Crippen LogP contribution in [0.2, 0.25) is 0 Å². The Hall–Kier alpha value is -3.02. The van der Waals surface area contributed by atoms with Crippen LogP contribution in [0.3, 0.4) is 0 Å². The summed E-state index contributed by atoms with van der Waals surface area (Å²) >= 11 is 0. The van der Waals surface area contributed by atoms with Gasteiger partial charge in [-0.05, 0) is 42.7 Å². The Bertz CT molecular complexity index is 782. The van der Waals surface area contributed by atoms with Gasteiger partial charge in [0.1, 0.15) is 0 Å². The highest BCUT2D eigenvalue weighted by Gasteiger charge is 2.27. The predicted molar refractivity (Wildman–Crippen MR) is 112 cm³/mol. The number of amides is 3. The molecule has 1 fully saturated rings. The highest BCUT2D eigenvalue weighted by atomic mass is 16.2. The van der Waals surface area contributed by atoms with E-state index in [1.807, 2.05) is 73.6 Å². The summed E-state index contributed by atoms with van der Waals surface area (Å²) in [5.41, 5.74) is 3.01. The minimum Gasteiger partial charge on any atom is -0.378 e. The molecule has 2 aromatic carbocycles. The van der Waals surface area contributed by atoms with Gasteiger partial charge in [0.15, 0.2) is 0 Å². The molecule has 1 aliphatic rings. The Morgan fingerprint density at radius 3 is 2.25 bits per heavy atom. The summed E-state index contributed by atoms with van der Waals surface area (Å²) in [4.78, 5) is 28.7. The maximum Gasteiger partial charge on any atom is 0.317 e. The van der Waals surface area contributed by atoms with E-state index in [1.165, 1.54) is 0 Å². The van der Waals surface area contributed by atoms with Crippen LogP contribution in [-0.4, -0.2) is 44.0 Å². The molecule has 0 spiro atoms. The maximum atomic E-state index is 12.4. The molecule has 2 N–H and O–H groups in total. The normalized spacial score (nSPS) is 14.4. The minimum absolute atomic E-state index is 0.0345. The largest absolute Gasteiger partial charge is 0.378 e. The Balaban J connectivity index is 1.42. The Morgan fingerprint density at radius 2 is 1.64 bits per heavy atom. The van der Waals surface area contributed by atoms with Crippen LogP contribution in [0.25, 0.3) is 0 Å². The first-order valence-corrected chi connectivity index (χ1v) is 9.68. The molecule has 0 radical (unpaired) electrons. The Morgan fingerprint density at radius 1 is 1.00 bits per heavy atom. The van der Waals surface area contributed by atoms with E-state index >= 15 is 0 Å². The van der Waals surface area contributed by atoms with Gasteiger partial charge in [-0.15, -0.1) is 0 Å². The van der Waals surface area contributed by atoms with Crippen molar-refractivity contribution in [3.63, 3.8) is 0 Å². The van der Waals surface area contributed by atoms with E-state index in [2.05, 4.69) is 10.6 Å². The lowest BCUT2D eigenvalue weighted by Gasteiger charge is -2.31. The SMILES string of the molecule is CN(C)c1ccc(CNC(=O)N2CCC(C(=O)Nc3ccccc3)CC2)cc1. The standard InChI is InChI=1S/C22H28N4O2/c1-25(2)20-10-8-17(9-11-20)16-23-22(28)26-14-12-18(13-15-26)21(27)24-19-6-4-3-5-7-19/h3-11,18H,12-16H2,1-2H3,(H,23,28)(H,24,27). The van der Waals surface area contributed by atoms with E-state index in [1.54, 1.807) is 4.90 Å². The highest BCUT2D eigenvalue weighted by Crippen LogP contribution is 2.20. The summed E-state index contributed by atoms with van der Waals surface area (Å²) in [5, 5.41) is 5.93. The maximum absolute atomic E-state index is 12.4. The second-order valence-corrected chi connectivity index (χ2v) is 7.34. The van der Waals surface area contributed by atoms with Crippen molar-refractivity contribution in [3.8, 4) is 0 Å². The molecule has 0 aromatic heterocycles. The van der Waals surface area contributed by atoms with Crippen molar-refractivity contribution in [1.82, 2.24) is 10.2 Å². The van der Waals surface area contributed by atoms with Gasteiger partial charge in [0.05, 0.1) is 0 Å². The van der Waals surface area contributed by atoms with Crippen molar-refractivity contribution in [1.29, 1.82) is 0 Å². The summed E-state index contributed by atoms with van der Waals surface area (Å²) in [6, 6.07) is 17.5. The van der Waals surface area contributed by atoms with Gasteiger partial charge in [-0.1, -0.05) is 30.3 Å². The van der Waals surface area contributed by atoms with E-state index in [4.69, 9.17) is 0 Å². The van der Waals surface area contributed by atoms with Gasteiger partial charge in [-0.2, -0.15) is 0 Å². The summed E-state index contributed by atoms with van der Waals surface area (Å²) in [5.74, 6) is -0.0184. The molecule has 0 saturated carbocycles. The summed E-state index contributed by atoms with van der Waals surface area (Å²) in [6.45, 7) is 1.69. The first-order valence-electron chi connectivity index (χ1n) is 9.68. The number of carbonyl (C=O) groups excluding carboxylic acids is 2. The number of rotatable bonds is 5. The molecule has 1 aliphatic heterocycles. The zero-order valence-corrected chi connectivity index (χ0v) is 16.5. The number of anilines is 2. The zero-order chi connectivity index (χ0) is 19.9. The fraction of sp³-hybridized carbons (Fsp3) is 0.364. The minimum atomic E-state index is -0.0707. The lowest BCUT2D eigenvalue weighted by molar-refractivity contribution is -0.121. The van der Waals surface area contributed by atoms with Crippen LogP contribution in [0, 0.1) is 5.92 Å². The second kappa shape index (κ2) is 9.26. The third-order valence-corrected chi connectivity index (χ3v) is 5.09. The van der Waals surface area contributed by atoms with Gasteiger partial charge < -0.3 is 20.4 Å². The van der Waals surface area contributed by atoms with Gasteiger partial charge in [0, 0.05) is 51.0 Å². The average molecular weight is 380 g/mol. The number of nitrogens with zero attached hydrogens (tertiary/aromatic N) is 2. The van der Waals surface area contributed by atoms with E-state index in [9.17, 15) is 9.59 Å². The highest BCUT2D eigenvalue weighted by molar-refractivity contribution is 5.92. The Labute approximate surface area is 166 Å². The van der Waals surface area contributed by atoms with E-state index in [0.29, 0.717) is 32.5 Å². The number of hydrogen-bond donors (Lipinski definition) is 2. The lowest BCUT2D eigenvalue weighted by Crippen LogP contribution is -2.45. The van der Waals surface area contributed by atoms with Crippen molar-refractivity contribution in [2.75, 3.05) is 37.4 Å². The number of para-hydroxylation sites is 1. The third-order valence-electron chi connectivity index (χ3n) is 5.09. The average Bonchev–Trinajstić information content (AvgIpc) is 2.73. The number of piperidine rings is 1. The van der Waals surface area contributed by atoms with Crippen LogP contribution in [0.5, 0.6) is 0 Å². The molecule has 0 bridgehead atoms. The van der Waals surface area contributed by atoms with Gasteiger partial charge in [0.25, 0.3) is 0 Å². The third kappa shape index (κ3) is 5.25. The molecular weight excluding hydrogens is 352 g/mol. The molecule has 1 saturated heterocycles. The van der Waals surface area contributed by atoms with Crippen molar-refractivity contribution < 1.29 is 9.59 Å². The van der Waals surface area contributed by atoms with Gasteiger partial charge in [-0.25, -0.2) is 4.79 Å². The van der Waals surface area contributed by atoms with Crippen LogP contribution in [0.15, 0.2) is 54.6 Å². The Kier molecular flexibility index (Phi) is 6.53. The molecule has 0 atom stereocenters. The molecule has 0 unspecified atom stereocenters. The van der Waals surface area contributed by atoms with Crippen LogP contribution in [0.1, 0.15) is 18.4 Å². The van der Waals surface area contributed by atoms with Crippen molar-refractivity contribution in [2.24, 2.45) is 5.92 Å². The predicted octanol–water partition coefficient (Wildman–Crippen LogP) is 3.31. The number of carbonyl (C=O) groups is 2. The van der Waals surface area contributed by atoms with Gasteiger partial charge >= 0.3 is 6.03 Å². The monoisotopic (exact) mass is 380 g/mol. The molecule has 6 nitrogen and oxygen atoms in total. The molecule has 3 amide bonds. The summed E-state index contributed by atoms with van der Waals surface area (Å²) < 4.78 is 0. The van der Waals surface area contributed by atoms with Crippen molar-refractivity contribution in [3.05, 3.63) is 60.2 Å². The molecule has 3 rings (SSSR count). The summed E-state index contributed by atoms with van der Waals surface area (Å²) in [7, 11) is 4.00. The fourth-order valence-electron chi connectivity index (χ4n) is 3.31. The zero-order valence-electron chi connectivity index (χ0n) is 16.5. The molecule has 2 aromatic rings. The van der Waals surface area contributed by atoms with Gasteiger partial charge in [-0.3, -0.25) is 4.79 Å². The van der Waals surface area contributed by atoms with E-state index < -0.39 is 0 Å². The number of benzene rings is 2. The summed E-state index contributed by atoms with van der Waals surface area (Å²) in [6.07, 6.45) is 1.37. The van der Waals surface area contributed by atoms with Crippen LogP contribution >= 0.6 is 0 Å². The van der Waals surface area contributed by atoms with E-state index in [0.717, 1.165) is 16.9 Å². The molecule has 6 heteroatoms. The molecular formula is C22H28N4O2. The fourth-order valence-corrected chi connectivity index (χ4v) is 3.31.